The highest BCUT2D eigenvalue weighted by Gasteiger charge is 2.42. The summed E-state index contributed by atoms with van der Waals surface area (Å²) in [6.45, 7) is 1.54. The number of rotatable bonds is 6. The minimum Gasteiger partial charge on any atom is -0.396 e. The first-order valence-corrected chi connectivity index (χ1v) is 9.17. The van der Waals surface area contributed by atoms with Gasteiger partial charge in [-0.2, -0.15) is 0 Å². The Hall–Kier alpha value is -0.0800. The Morgan fingerprint density at radius 3 is 2.30 bits per heavy atom. The third-order valence-corrected chi connectivity index (χ3v) is 6.41. The van der Waals surface area contributed by atoms with E-state index in [1.807, 2.05) is 0 Å². The minimum absolute atomic E-state index is 0.373. The predicted molar refractivity (Wildman–Crippen MR) is 83.7 cm³/mol. The quantitative estimate of drug-likeness (QED) is 0.773. The van der Waals surface area contributed by atoms with E-state index in [2.05, 4.69) is 5.32 Å². The third kappa shape index (κ3) is 3.57. The fourth-order valence-electron chi connectivity index (χ4n) is 4.82. The molecule has 3 aliphatic rings. The normalized spacial score (nSPS) is 34.0. The Kier molecular flexibility index (Phi) is 5.04. The molecule has 0 saturated heterocycles. The van der Waals surface area contributed by atoms with Crippen LogP contribution in [0.1, 0.15) is 77.0 Å². The summed E-state index contributed by atoms with van der Waals surface area (Å²) < 4.78 is 0. The first-order valence-electron chi connectivity index (χ1n) is 9.17. The van der Waals surface area contributed by atoms with Gasteiger partial charge in [0.15, 0.2) is 0 Å². The molecule has 0 aromatic carbocycles. The number of hydrogen-bond donors (Lipinski definition) is 2. The Balaban J connectivity index is 1.52. The molecule has 0 spiro atoms. The number of aliphatic hydroxyl groups excluding tert-OH is 1. The first-order chi connectivity index (χ1) is 9.83. The van der Waals surface area contributed by atoms with Crippen LogP contribution in [0.15, 0.2) is 0 Å². The lowest BCUT2D eigenvalue weighted by Gasteiger charge is -2.40. The molecule has 3 saturated carbocycles. The monoisotopic (exact) mass is 279 g/mol. The maximum Gasteiger partial charge on any atom is 0.0436 e. The average Bonchev–Trinajstić information content (AvgIpc) is 3.27. The van der Waals surface area contributed by atoms with Crippen molar-refractivity contribution in [3.63, 3.8) is 0 Å². The number of nitrogens with one attached hydrogen (secondary N) is 1. The van der Waals surface area contributed by atoms with Crippen LogP contribution >= 0.6 is 0 Å². The van der Waals surface area contributed by atoms with Crippen molar-refractivity contribution in [1.82, 2.24) is 5.32 Å². The molecule has 2 unspecified atom stereocenters. The molecule has 0 aliphatic heterocycles. The van der Waals surface area contributed by atoms with Crippen LogP contribution in [0.2, 0.25) is 0 Å². The highest BCUT2D eigenvalue weighted by Crippen LogP contribution is 2.48. The van der Waals surface area contributed by atoms with E-state index in [1.54, 1.807) is 0 Å². The standard InChI is InChI=1S/C18H33NO/c20-13-12-18(10-11-18)14-19-17-9-5-4-8-16(17)15-6-2-1-3-7-15/h15-17,19-20H,1-14H2. The van der Waals surface area contributed by atoms with Gasteiger partial charge in [0.1, 0.15) is 0 Å². The third-order valence-electron chi connectivity index (χ3n) is 6.41. The molecule has 0 aromatic rings. The van der Waals surface area contributed by atoms with Crippen molar-refractivity contribution in [2.75, 3.05) is 13.2 Å². The zero-order valence-electron chi connectivity index (χ0n) is 13.1. The van der Waals surface area contributed by atoms with E-state index in [-0.39, 0.29) is 0 Å². The smallest absolute Gasteiger partial charge is 0.0436 e. The van der Waals surface area contributed by atoms with Gasteiger partial charge in [0.25, 0.3) is 0 Å². The largest absolute Gasteiger partial charge is 0.396 e. The lowest BCUT2D eigenvalue weighted by Crippen LogP contribution is -2.44. The Morgan fingerprint density at radius 2 is 1.60 bits per heavy atom. The second-order valence-electron chi connectivity index (χ2n) is 7.81. The van der Waals surface area contributed by atoms with E-state index >= 15 is 0 Å². The summed E-state index contributed by atoms with van der Waals surface area (Å²) in [5.74, 6) is 1.96. The maximum absolute atomic E-state index is 9.21. The van der Waals surface area contributed by atoms with Crippen LogP contribution in [0.5, 0.6) is 0 Å². The Bertz CT molecular complexity index is 294. The van der Waals surface area contributed by atoms with Gasteiger partial charge in [0.2, 0.25) is 0 Å². The summed E-state index contributed by atoms with van der Waals surface area (Å²) in [4.78, 5) is 0. The molecule has 3 aliphatic carbocycles. The van der Waals surface area contributed by atoms with Crippen molar-refractivity contribution in [3.8, 4) is 0 Å². The molecule has 3 fully saturated rings. The van der Waals surface area contributed by atoms with Crippen LogP contribution in [0.3, 0.4) is 0 Å². The molecule has 2 heteroatoms. The van der Waals surface area contributed by atoms with Crippen LogP contribution in [-0.2, 0) is 0 Å². The molecule has 20 heavy (non-hydrogen) atoms. The molecular weight excluding hydrogens is 246 g/mol. The average molecular weight is 279 g/mol. The summed E-state index contributed by atoms with van der Waals surface area (Å²) in [7, 11) is 0. The van der Waals surface area contributed by atoms with Crippen molar-refractivity contribution >= 4 is 0 Å². The highest BCUT2D eigenvalue weighted by atomic mass is 16.3. The van der Waals surface area contributed by atoms with Crippen molar-refractivity contribution in [2.45, 2.75) is 83.1 Å². The van der Waals surface area contributed by atoms with Crippen LogP contribution in [0.25, 0.3) is 0 Å². The molecule has 2 nitrogen and oxygen atoms in total. The first kappa shape index (κ1) is 14.8. The van der Waals surface area contributed by atoms with E-state index in [4.69, 9.17) is 0 Å². The van der Waals surface area contributed by atoms with Crippen LogP contribution in [0.4, 0.5) is 0 Å². The van der Waals surface area contributed by atoms with Crippen molar-refractivity contribution in [2.24, 2.45) is 17.3 Å². The zero-order chi connectivity index (χ0) is 13.8. The van der Waals surface area contributed by atoms with Gasteiger partial charge in [0.05, 0.1) is 0 Å². The lowest BCUT2D eigenvalue weighted by molar-refractivity contribution is 0.142. The van der Waals surface area contributed by atoms with Crippen molar-refractivity contribution in [3.05, 3.63) is 0 Å². The SMILES string of the molecule is OCCC1(CNC2CCCCC2C2CCCCC2)CC1. The van der Waals surface area contributed by atoms with E-state index in [1.165, 1.54) is 77.2 Å². The molecular formula is C18H33NO. The summed E-state index contributed by atoms with van der Waals surface area (Å²) >= 11 is 0. The molecule has 116 valence electrons. The van der Waals surface area contributed by atoms with Gasteiger partial charge in [-0.05, 0) is 49.4 Å². The molecule has 2 N–H and O–H groups in total. The van der Waals surface area contributed by atoms with E-state index < -0.39 is 0 Å². The van der Waals surface area contributed by atoms with Crippen molar-refractivity contribution in [1.29, 1.82) is 0 Å². The summed E-state index contributed by atoms with van der Waals surface area (Å²) in [5.41, 5.74) is 0.476. The van der Waals surface area contributed by atoms with Gasteiger partial charge in [-0.25, -0.2) is 0 Å². The number of aliphatic hydroxyl groups is 1. The molecule has 2 atom stereocenters. The molecule has 0 heterocycles. The minimum atomic E-state index is 0.373. The van der Waals surface area contributed by atoms with Gasteiger partial charge in [-0.3, -0.25) is 0 Å². The van der Waals surface area contributed by atoms with Gasteiger partial charge < -0.3 is 10.4 Å². The molecule has 0 aromatic heterocycles. The van der Waals surface area contributed by atoms with Crippen LogP contribution in [0, 0.1) is 17.3 Å². The second-order valence-corrected chi connectivity index (χ2v) is 7.81. The van der Waals surface area contributed by atoms with Gasteiger partial charge in [0, 0.05) is 19.2 Å². The molecule has 0 bridgehead atoms. The van der Waals surface area contributed by atoms with E-state index in [0.29, 0.717) is 12.0 Å². The molecule has 0 amide bonds. The summed E-state index contributed by atoms with van der Waals surface area (Å²) in [5, 5.41) is 13.2. The van der Waals surface area contributed by atoms with Gasteiger partial charge >= 0.3 is 0 Å². The summed E-state index contributed by atoms with van der Waals surface area (Å²) in [6.07, 6.45) is 16.8. The van der Waals surface area contributed by atoms with Crippen molar-refractivity contribution < 1.29 is 5.11 Å². The Morgan fingerprint density at radius 1 is 0.900 bits per heavy atom. The van der Waals surface area contributed by atoms with E-state index in [0.717, 1.165) is 24.3 Å². The topological polar surface area (TPSA) is 32.3 Å². The highest BCUT2D eigenvalue weighted by molar-refractivity contribution is 4.96. The van der Waals surface area contributed by atoms with E-state index in [9.17, 15) is 5.11 Å². The lowest BCUT2D eigenvalue weighted by atomic mass is 9.71. The maximum atomic E-state index is 9.21. The summed E-state index contributed by atoms with van der Waals surface area (Å²) in [6, 6.07) is 0.781. The zero-order valence-corrected chi connectivity index (χ0v) is 13.1. The Labute approximate surface area is 124 Å². The number of hydrogen-bond acceptors (Lipinski definition) is 2. The fourth-order valence-corrected chi connectivity index (χ4v) is 4.82. The fraction of sp³-hybridized carbons (Fsp3) is 1.00. The van der Waals surface area contributed by atoms with Crippen LogP contribution in [-0.4, -0.2) is 24.3 Å². The molecule has 3 rings (SSSR count). The van der Waals surface area contributed by atoms with Crippen LogP contribution < -0.4 is 5.32 Å². The van der Waals surface area contributed by atoms with Gasteiger partial charge in [-0.15, -0.1) is 0 Å². The molecule has 0 radical (unpaired) electrons. The predicted octanol–water partition coefficient (Wildman–Crippen LogP) is 3.88. The van der Waals surface area contributed by atoms with Gasteiger partial charge in [-0.1, -0.05) is 44.9 Å². The second kappa shape index (κ2) is 6.79.